The third-order valence-corrected chi connectivity index (χ3v) is 4.63. The molecule has 0 radical (unpaired) electrons. The molecule has 1 saturated heterocycles. The van der Waals surface area contributed by atoms with Gasteiger partial charge in [0, 0.05) is 25.8 Å². The summed E-state index contributed by atoms with van der Waals surface area (Å²) in [6, 6.07) is 0.714. The Morgan fingerprint density at radius 1 is 1.12 bits per heavy atom. The van der Waals surface area contributed by atoms with Crippen molar-refractivity contribution in [2.75, 3.05) is 19.8 Å². The van der Waals surface area contributed by atoms with Crippen LogP contribution in [0.1, 0.15) is 58.3 Å². The molecular weight excluding hydrogens is 198 g/mol. The molecule has 2 rings (SSSR count). The van der Waals surface area contributed by atoms with Crippen LogP contribution in [0.2, 0.25) is 0 Å². The Bertz CT molecular complexity index is 191. The van der Waals surface area contributed by atoms with E-state index in [2.05, 4.69) is 12.2 Å². The first-order chi connectivity index (χ1) is 7.85. The zero-order valence-corrected chi connectivity index (χ0v) is 10.8. The topological polar surface area (TPSA) is 21.3 Å². The van der Waals surface area contributed by atoms with E-state index in [1.54, 1.807) is 0 Å². The summed E-state index contributed by atoms with van der Waals surface area (Å²) >= 11 is 0. The van der Waals surface area contributed by atoms with E-state index in [1.807, 2.05) is 0 Å². The van der Waals surface area contributed by atoms with Gasteiger partial charge in [-0.05, 0) is 43.9 Å². The number of rotatable bonds is 4. The maximum atomic E-state index is 5.51. The molecule has 0 aromatic rings. The second-order valence-corrected chi connectivity index (χ2v) is 5.68. The normalized spacial score (nSPS) is 30.2. The second kappa shape index (κ2) is 6.02. The Balaban J connectivity index is 1.76. The van der Waals surface area contributed by atoms with Crippen LogP contribution in [-0.2, 0) is 4.74 Å². The van der Waals surface area contributed by atoms with E-state index in [0.29, 0.717) is 11.5 Å². The highest BCUT2D eigenvalue weighted by molar-refractivity contribution is 4.86. The standard InChI is InChI=1S/C14H27NO/c1-2-14(8-3-4-9-14)12-15-13-6-5-10-16-11-7-13/h13,15H,2-12H2,1H3. The highest BCUT2D eigenvalue weighted by Crippen LogP contribution is 2.40. The molecule has 94 valence electrons. The summed E-state index contributed by atoms with van der Waals surface area (Å²) < 4.78 is 5.51. The Kier molecular flexibility index (Phi) is 4.66. The number of hydrogen-bond acceptors (Lipinski definition) is 2. The zero-order chi connectivity index (χ0) is 11.3. The molecule has 1 atom stereocenters. The van der Waals surface area contributed by atoms with Crippen LogP contribution < -0.4 is 5.32 Å². The first-order valence-corrected chi connectivity index (χ1v) is 7.16. The van der Waals surface area contributed by atoms with Gasteiger partial charge in [0.25, 0.3) is 0 Å². The van der Waals surface area contributed by atoms with Gasteiger partial charge in [0.2, 0.25) is 0 Å². The Hall–Kier alpha value is -0.0800. The molecule has 1 N–H and O–H groups in total. The molecule has 0 spiro atoms. The second-order valence-electron chi connectivity index (χ2n) is 5.68. The lowest BCUT2D eigenvalue weighted by Crippen LogP contribution is -2.38. The average molecular weight is 225 g/mol. The minimum atomic E-state index is 0.632. The third kappa shape index (κ3) is 3.21. The highest BCUT2D eigenvalue weighted by Gasteiger charge is 2.32. The number of nitrogens with one attached hydrogen (secondary N) is 1. The Labute approximate surface area is 100 Å². The summed E-state index contributed by atoms with van der Waals surface area (Å²) in [4.78, 5) is 0. The molecule has 1 aliphatic heterocycles. The van der Waals surface area contributed by atoms with Crippen molar-refractivity contribution >= 4 is 0 Å². The van der Waals surface area contributed by atoms with Crippen LogP contribution in [0.15, 0.2) is 0 Å². The van der Waals surface area contributed by atoms with E-state index >= 15 is 0 Å². The lowest BCUT2D eigenvalue weighted by atomic mass is 9.83. The van der Waals surface area contributed by atoms with Crippen LogP contribution in [0.5, 0.6) is 0 Å². The fraction of sp³-hybridized carbons (Fsp3) is 1.00. The predicted molar refractivity (Wildman–Crippen MR) is 67.7 cm³/mol. The van der Waals surface area contributed by atoms with Gasteiger partial charge in [0.05, 0.1) is 0 Å². The molecule has 1 heterocycles. The Morgan fingerprint density at radius 3 is 2.69 bits per heavy atom. The summed E-state index contributed by atoms with van der Waals surface area (Å²) in [5, 5.41) is 3.82. The molecule has 1 unspecified atom stereocenters. The van der Waals surface area contributed by atoms with Crippen molar-refractivity contribution in [2.24, 2.45) is 5.41 Å². The summed E-state index contributed by atoms with van der Waals surface area (Å²) in [5.41, 5.74) is 0.632. The van der Waals surface area contributed by atoms with E-state index in [1.165, 1.54) is 57.9 Å². The molecule has 0 aromatic carbocycles. The van der Waals surface area contributed by atoms with Crippen LogP contribution in [0.3, 0.4) is 0 Å². The predicted octanol–water partition coefficient (Wildman–Crippen LogP) is 3.12. The van der Waals surface area contributed by atoms with E-state index in [0.717, 1.165) is 13.2 Å². The molecule has 1 saturated carbocycles. The first-order valence-electron chi connectivity index (χ1n) is 7.16. The fourth-order valence-corrected chi connectivity index (χ4v) is 3.25. The van der Waals surface area contributed by atoms with Crippen LogP contribution >= 0.6 is 0 Å². The molecule has 2 heteroatoms. The smallest absolute Gasteiger partial charge is 0.0480 e. The van der Waals surface area contributed by atoms with E-state index in [-0.39, 0.29) is 0 Å². The molecule has 2 aliphatic rings. The lowest BCUT2D eigenvalue weighted by molar-refractivity contribution is 0.142. The summed E-state index contributed by atoms with van der Waals surface area (Å²) in [6.45, 7) is 5.53. The van der Waals surface area contributed by atoms with Crippen molar-refractivity contribution in [3.8, 4) is 0 Å². The minimum Gasteiger partial charge on any atom is -0.381 e. The van der Waals surface area contributed by atoms with E-state index < -0.39 is 0 Å². The van der Waals surface area contributed by atoms with Crippen molar-refractivity contribution in [3.63, 3.8) is 0 Å². The average Bonchev–Trinajstić information content (AvgIpc) is 2.63. The minimum absolute atomic E-state index is 0.632. The Morgan fingerprint density at radius 2 is 1.94 bits per heavy atom. The highest BCUT2D eigenvalue weighted by atomic mass is 16.5. The maximum absolute atomic E-state index is 5.51. The molecule has 0 amide bonds. The van der Waals surface area contributed by atoms with Crippen molar-refractivity contribution < 1.29 is 4.74 Å². The van der Waals surface area contributed by atoms with Gasteiger partial charge in [-0.2, -0.15) is 0 Å². The van der Waals surface area contributed by atoms with Crippen molar-refractivity contribution in [2.45, 2.75) is 64.3 Å². The third-order valence-electron chi connectivity index (χ3n) is 4.63. The molecule has 2 nitrogen and oxygen atoms in total. The van der Waals surface area contributed by atoms with Gasteiger partial charge in [-0.3, -0.25) is 0 Å². The van der Waals surface area contributed by atoms with Crippen LogP contribution in [0.25, 0.3) is 0 Å². The van der Waals surface area contributed by atoms with Gasteiger partial charge >= 0.3 is 0 Å². The molecular formula is C14H27NO. The maximum Gasteiger partial charge on any atom is 0.0480 e. The van der Waals surface area contributed by atoms with Crippen molar-refractivity contribution in [1.82, 2.24) is 5.32 Å². The fourth-order valence-electron chi connectivity index (χ4n) is 3.25. The lowest BCUT2D eigenvalue weighted by Gasteiger charge is -2.30. The first kappa shape index (κ1) is 12.4. The molecule has 0 bridgehead atoms. The van der Waals surface area contributed by atoms with Gasteiger partial charge in [0.1, 0.15) is 0 Å². The summed E-state index contributed by atoms with van der Waals surface area (Å²) in [6.07, 6.45) is 10.9. The van der Waals surface area contributed by atoms with Gasteiger partial charge in [-0.15, -0.1) is 0 Å². The van der Waals surface area contributed by atoms with E-state index in [4.69, 9.17) is 4.74 Å². The molecule has 1 aliphatic carbocycles. The molecule has 2 fully saturated rings. The summed E-state index contributed by atoms with van der Waals surface area (Å²) in [7, 11) is 0. The van der Waals surface area contributed by atoms with Crippen LogP contribution in [0.4, 0.5) is 0 Å². The quantitative estimate of drug-likeness (QED) is 0.793. The van der Waals surface area contributed by atoms with E-state index in [9.17, 15) is 0 Å². The van der Waals surface area contributed by atoms with Crippen molar-refractivity contribution in [3.05, 3.63) is 0 Å². The van der Waals surface area contributed by atoms with Crippen LogP contribution in [-0.4, -0.2) is 25.8 Å². The zero-order valence-electron chi connectivity index (χ0n) is 10.8. The summed E-state index contributed by atoms with van der Waals surface area (Å²) in [5.74, 6) is 0. The van der Waals surface area contributed by atoms with Gasteiger partial charge in [0.15, 0.2) is 0 Å². The van der Waals surface area contributed by atoms with Gasteiger partial charge in [-0.1, -0.05) is 19.8 Å². The molecule has 0 aromatic heterocycles. The largest absolute Gasteiger partial charge is 0.381 e. The molecule has 16 heavy (non-hydrogen) atoms. The van der Waals surface area contributed by atoms with Crippen LogP contribution in [0, 0.1) is 5.41 Å². The van der Waals surface area contributed by atoms with Gasteiger partial charge < -0.3 is 10.1 Å². The number of ether oxygens (including phenoxy) is 1. The number of hydrogen-bond donors (Lipinski definition) is 1. The van der Waals surface area contributed by atoms with Crippen molar-refractivity contribution in [1.29, 1.82) is 0 Å². The monoisotopic (exact) mass is 225 g/mol. The SMILES string of the molecule is CCC1(CNC2CCCOCC2)CCCC1. The van der Waals surface area contributed by atoms with Gasteiger partial charge in [-0.25, -0.2) is 0 Å².